The summed E-state index contributed by atoms with van der Waals surface area (Å²) in [7, 11) is 0. The first-order chi connectivity index (χ1) is 8.66. The molecule has 0 heterocycles. The van der Waals surface area contributed by atoms with E-state index in [1.807, 2.05) is 12.1 Å². The summed E-state index contributed by atoms with van der Waals surface area (Å²) in [6, 6.07) is 13.7. The van der Waals surface area contributed by atoms with Gasteiger partial charge in [-0.05, 0) is 16.3 Å². The van der Waals surface area contributed by atoms with Gasteiger partial charge in [0, 0.05) is 11.5 Å². The van der Waals surface area contributed by atoms with E-state index in [0.717, 1.165) is 5.75 Å². The SMILES string of the molecule is N[C@@H](CSCc1ccc2ccccc2c1)C(=O)O. The average molecular weight is 261 g/mol. The van der Waals surface area contributed by atoms with Crippen LogP contribution >= 0.6 is 11.8 Å². The average Bonchev–Trinajstić information content (AvgIpc) is 2.38. The van der Waals surface area contributed by atoms with Crippen molar-refractivity contribution < 1.29 is 9.90 Å². The Morgan fingerprint density at radius 1 is 1.22 bits per heavy atom. The first kappa shape index (κ1) is 12.9. The third kappa shape index (κ3) is 3.24. The molecule has 0 aliphatic carbocycles. The fourth-order valence-corrected chi connectivity index (χ4v) is 2.63. The van der Waals surface area contributed by atoms with E-state index in [9.17, 15) is 4.79 Å². The number of nitrogens with two attached hydrogens (primary N) is 1. The van der Waals surface area contributed by atoms with Crippen LogP contribution in [0.1, 0.15) is 5.56 Å². The quantitative estimate of drug-likeness (QED) is 0.868. The minimum Gasteiger partial charge on any atom is -0.480 e. The van der Waals surface area contributed by atoms with Gasteiger partial charge in [0.05, 0.1) is 0 Å². The van der Waals surface area contributed by atoms with E-state index in [4.69, 9.17) is 10.8 Å². The number of rotatable bonds is 5. The van der Waals surface area contributed by atoms with Crippen LogP contribution < -0.4 is 5.73 Å². The van der Waals surface area contributed by atoms with Crippen molar-refractivity contribution in [2.75, 3.05) is 5.75 Å². The highest BCUT2D eigenvalue weighted by Crippen LogP contribution is 2.19. The largest absolute Gasteiger partial charge is 0.480 e. The molecule has 0 aromatic heterocycles. The minimum absolute atomic E-state index is 0.433. The van der Waals surface area contributed by atoms with Gasteiger partial charge < -0.3 is 10.8 Å². The number of carboxylic acids is 1. The van der Waals surface area contributed by atoms with Crippen molar-refractivity contribution in [3.05, 3.63) is 48.0 Å². The van der Waals surface area contributed by atoms with E-state index in [-0.39, 0.29) is 0 Å². The van der Waals surface area contributed by atoms with Crippen molar-refractivity contribution in [3.8, 4) is 0 Å². The van der Waals surface area contributed by atoms with E-state index in [1.54, 1.807) is 11.8 Å². The minimum atomic E-state index is -0.944. The number of thioether (sulfide) groups is 1. The fraction of sp³-hybridized carbons (Fsp3) is 0.214. The Labute approximate surface area is 110 Å². The molecule has 2 aromatic carbocycles. The lowest BCUT2D eigenvalue weighted by Gasteiger charge is -2.06. The van der Waals surface area contributed by atoms with Crippen molar-refractivity contribution in [3.63, 3.8) is 0 Å². The fourth-order valence-electron chi connectivity index (χ4n) is 1.70. The molecule has 0 saturated heterocycles. The van der Waals surface area contributed by atoms with Crippen LogP contribution in [-0.4, -0.2) is 22.9 Å². The highest BCUT2D eigenvalue weighted by atomic mass is 32.2. The monoisotopic (exact) mass is 261 g/mol. The molecule has 2 aromatic rings. The van der Waals surface area contributed by atoms with Crippen LogP contribution in [0.4, 0.5) is 0 Å². The summed E-state index contributed by atoms with van der Waals surface area (Å²) in [5, 5.41) is 11.1. The zero-order chi connectivity index (χ0) is 13.0. The summed E-state index contributed by atoms with van der Waals surface area (Å²) in [4.78, 5) is 10.6. The Balaban J connectivity index is 1.98. The van der Waals surface area contributed by atoms with Crippen LogP contribution in [0.5, 0.6) is 0 Å². The summed E-state index contributed by atoms with van der Waals surface area (Å²) >= 11 is 1.55. The molecule has 0 fully saturated rings. The summed E-state index contributed by atoms with van der Waals surface area (Å²) in [5.74, 6) is 0.273. The highest BCUT2D eigenvalue weighted by Gasteiger charge is 2.10. The smallest absolute Gasteiger partial charge is 0.321 e. The van der Waals surface area contributed by atoms with E-state index in [0.29, 0.717) is 5.75 Å². The van der Waals surface area contributed by atoms with Crippen LogP contribution in [0, 0.1) is 0 Å². The van der Waals surface area contributed by atoms with Gasteiger partial charge in [0.15, 0.2) is 0 Å². The molecule has 0 radical (unpaired) electrons. The van der Waals surface area contributed by atoms with Crippen molar-refractivity contribution in [1.82, 2.24) is 0 Å². The molecule has 18 heavy (non-hydrogen) atoms. The molecule has 94 valence electrons. The standard InChI is InChI=1S/C14H15NO2S/c15-13(14(16)17)9-18-8-10-5-6-11-3-1-2-4-12(11)7-10/h1-7,13H,8-9,15H2,(H,16,17)/t13-/m0/s1. The third-order valence-electron chi connectivity index (χ3n) is 2.70. The summed E-state index contributed by atoms with van der Waals surface area (Å²) < 4.78 is 0. The molecule has 0 bridgehead atoms. The number of aliphatic carboxylic acids is 1. The summed E-state index contributed by atoms with van der Waals surface area (Å²) in [6.45, 7) is 0. The van der Waals surface area contributed by atoms with Gasteiger partial charge >= 0.3 is 5.97 Å². The Hall–Kier alpha value is -1.52. The maximum Gasteiger partial charge on any atom is 0.321 e. The normalized spacial score (nSPS) is 12.5. The molecule has 4 heteroatoms. The predicted molar refractivity (Wildman–Crippen MR) is 75.7 cm³/mol. The second-order valence-corrected chi connectivity index (χ2v) is 5.17. The van der Waals surface area contributed by atoms with E-state index >= 15 is 0 Å². The lowest BCUT2D eigenvalue weighted by molar-refractivity contribution is -0.137. The van der Waals surface area contributed by atoms with Crippen LogP contribution in [0.2, 0.25) is 0 Å². The maximum atomic E-state index is 10.6. The molecule has 0 amide bonds. The van der Waals surface area contributed by atoms with Crippen molar-refractivity contribution in [2.45, 2.75) is 11.8 Å². The molecule has 3 nitrogen and oxygen atoms in total. The lowest BCUT2D eigenvalue weighted by Crippen LogP contribution is -2.32. The Morgan fingerprint density at radius 2 is 1.94 bits per heavy atom. The molecule has 0 aliphatic heterocycles. The molecule has 0 spiro atoms. The Kier molecular flexibility index (Phi) is 4.23. The zero-order valence-electron chi connectivity index (χ0n) is 9.87. The van der Waals surface area contributed by atoms with Crippen LogP contribution in [0.25, 0.3) is 10.8 Å². The Bertz CT molecular complexity index is 556. The molecular weight excluding hydrogens is 246 g/mol. The van der Waals surface area contributed by atoms with E-state index < -0.39 is 12.0 Å². The van der Waals surface area contributed by atoms with Crippen LogP contribution in [0.3, 0.4) is 0 Å². The number of hydrogen-bond donors (Lipinski definition) is 2. The highest BCUT2D eigenvalue weighted by molar-refractivity contribution is 7.98. The molecular formula is C14H15NO2S. The lowest BCUT2D eigenvalue weighted by atomic mass is 10.1. The molecule has 3 N–H and O–H groups in total. The number of fused-ring (bicyclic) bond motifs is 1. The van der Waals surface area contributed by atoms with E-state index in [1.165, 1.54) is 16.3 Å². The third-order valence-corrected chi connectivity index (χ3v) is 3.83. The first-order valence-corrected chi connectivity index (χ1v) is 6.86. The zero-order valence-corrected chi connectivity index (χ0v) is 10.7. The van der Waals surface area contributed by atoms with Gasteiger partial charge in [-0.25, -0.2) is 0 Å². The second kappa shape index (κ2) is 5.89. The van der Waals surface area contributed by atoms with Gasteiger partial charge in [-0.3, -0.25) is 4.79 Å². The molecule has 2 rings (SSSR count). The van der Waals surface area contributed by atoms with Crippen molar-refractivity contribution >= 4 is 28.5 Å². The first-order valence-electron chi connectivity index (χ1n) is 5.70. The van der Waals surface area contributed by atoms with Crippen LogP contribution in [-0.2, 0) is 10.5 Å². The van der Waals surface area contributed by atoms with Crippen molar-refractivity contribution in [1.29, 1.82) is 0 Å². The molecule has 1 atom stereocenters. The topological polar surface area (TPSA) is 63.3 Å². The molecule has 0 aliphatic rings. The maximum absolute atomic E-state index is 10.6. The number of hydrogen-bond acceptors (Lipinski definition) is 3. The van der Waals surface area contributed by atoms with Gasteiger partial charge in [0.25, 0.3) is 0 Å². The molecule has 0 saturated carbocycles. The Morgan fingerprint density at radius 3 is 2.67 bits per heavy atom. The predicted octanol–water partition coefficient (Wildman–Crippen LogP) is 2.48. The van der Waals surface area contributed by atoms with Crippen molar-refractivity contribution in [2.24, 2.45) is 5.73 Å². The second-order valence-electron chi connectivity index (χ2n) is 4.14. The van der Waals surface area contributed by atoms with Gasteiger partial charge in [0.1, 0.15) is 6.04 Å². The van der Waals surface area contributed by atoms with E-state index in [2.05, 4.69) is 30.3 Å². The number of carbonyl (C=O) groups is 1. The number of carboxylic acid groups (broad SMARTS) is 1. The number of benzene rings is 2. The molecule has 0 unspecified atom stereocenters. The summed E-state index contributed by atoms with van der Waals surface area (Å²) in [6.07, 6.45) is 0. The van der Waals surface area contributed by atoms with Gasteiger partial charge in [-0.1, -0.05) is 42.5 Å². The van der Waals surface area contributed by atoms with Gasteiger partial charge in [-0.15, -0.1) is 0 Å². The summed E-state index contributed by atoms with van der Waals surface area (Å²) in [5.41, 5.74) is 6.64. The van der Waals surface area contributed by atoms with Crippen LogP contribution in [0.15, 0.2) is 42.5 Å². The van der Waals surface area contributed by atoms with Gasteiger partial charge in [0.2, 0.25) is 0 Å². The van der Waals surface area contributed by atoms with Gasteiger partial charge in [-0.2, -0.15) is 11.8 Å².